The highest BCUT2D eigenvalue weighted by Crippen LogP contribution is 2.34. The van der Waals surface area contributed by atoms with Crippen LogP contribution >= 0.6 is 0 Å². The highest BCUT2D eigenvalue weighted by atomic mass is 19.4. The lowest BCUT2D eigenvalue weighted by molar-refractivity contribution is -0.137. The maximum Gasteiger partial charge on any atom is 0.418 e. The molecule has 3 nitrogen and oxygen atoms in total. The van der Waals surface area contributed by atoms with Crippen molar-refractivity contribution in [2.75, 3.05) is 19.0 Å². The first-order valence-electron chi connectivity index (χ1n) is 5.09. The summed E-state index contributed by atoms with van der Waals surface area (Å²) in [7, 11) is 1.22. The fraction of sp³-hybridized carbons (Fsp3) is 0.250. The van der Waals surface area contributed by atoms with Gasteiger partial charge in [-0.1, -0.05) is 18.2 Å². The van der Waals surface area contributed by atoms with E-state index in [1.807, 2.05) is 0 Å². The molecule has 0 aliphatic carbocycles. The summed E-state index contributed by atoms with van der Waals surface area (Å²) >= 11 is 0. The Kier molecular flexibility index (Phi) is 4.76. The highest BCUT2D eigenvalue weighted by Gasteiger charge is 2.32. The quantitative estimate of drug-likeness (QED) is 0.667. The maximum atomic E-state index is 12.6. The van der Waals surface area contributed by atoms with Crippen molar-refractivity contribution in [1.29, 1.82) is 0 Å². The average Bonchev–Trinajstić information content (AvgIpc) is 2.33. The van der Waals surface area contributed by atoms with E-state index >= 15 is 0 Å². The Labute approximate surface area is 102 Å². The fourth-order valence-electron chi connectivity index (χ4n) is 1.28. The van der Waals surface area contributed by atoms with Crippen LogP contribution in [-0.2, 0) is 15.7 Å². The summed E-state index contributed by atoms with van der Waals surface area (Å²) in [4.78, 5) is 10.7. The van der Waals surface area contributed by atoms with Gasteiger partial charge in [-0.3, -0.25) is 0 Å². The Morgan fingerprint density at radius 3 is 2.67 bits per heavy atom. The van der Waals surface area contributed by atoms with E-state index in [9.17, 15) is 18.0 Å². The average molecular weight is 259 g/mol. The minimum Gasteiger partial charge on any atom is -0.466 e. The van der Waals surface area contributed by atoms with E-state index in [1.165, 1.54) is 31.4 Å². The van der Waals surface area contributed by atoms with E-state index in [2.05, 4.69) is 10.1 Å². The number of benzene rings is 1. The minimum absolute atomic E-state index is 0.0282. The zero-order valence-electron chi connectivity index (χ0n) is 9.62. The molecule has 1 aromatic carbocycles. The van der Waals surface area contributed by atoms with Gasteiger partial charge in [0, 0.05) is 18.3 Å². The number of halogens is 3. The Bertz CT molecular complexity index is 441. The number of alkyl halides is 3. The molecule has 98 valence electrons. The summed E-state index contributed by atoms with van der Waals surface area (Å²) in [6, 6.07) is 5.14. The third kappa shape index (κ3) is 4.12. The fourth-order valence-corrected chi connectivity index (χ4v) is 1.28. The molecule has 0 aliphatic heterocycles. The van der Waals surface area contributed by atoms with Gasteiger partial charge in [0.15, 0.2) is 0 Å². The second-order valence-corrected chi connectivity index (χ2v) is 3.35. The van der Waals surface area contributed by atoms with Crippen LogP contribution in [0.25, 0.3) is 0 Å². The number of hydrogen-bond donors (Lipinski definition) is 1. The molecule has 0 aliphatic rings. The molecule has 0 unspecified atom stereocenters. The number of rotatable bonds is 4. The molecule has 0 aromatic heterocycles. The molecule has 1 aromatic rings. The normalized spacial score (nSPS) is 11.6. The van der Waals surface area contributed by atoms with Crippen LogP contribution in [0, 0.1) is 0 Å². The summed E-state index contributed by atoms with van der Waals surface area (Å²) < 4.78 is 42.2. The molecule has 1 rings (SSSR count). The van der Waals surface area contributed by atoms with Crippen molar-refractivity contribution in [1.82, 2.24) is 0 Å². The summed E-state index contributed by atoms with van der Waals surface area (Å²) in [5, 5.41) is 2.58. The number of ether oxygens (including phenoxy) is 1. The van der Waals surface area contributed by atoms with E-state index in [0.717, 1.165) is 12.1 Å². The van der Waals surface area contributed by atoms with Gasteiger partial charge in [-0.2, -0.15) is 13.2 Å². The van der Waals surface area contributed by atoms with Crippen LogP contribution in [0.4, 0.5) is 18.9 Å². The summed E-state index contributed by atoms with van der Waals surface area (Å²) in [5.74, 6) is -0.555. The number of methoxy groups -OCH3 is 1. The van der Waals surface area contributed by atoms with Crippen molar-refractivity contribution in [3.8, 4) is 0 Å². The van der Waals surface area contributed by atoms with E-state index in [1.54, 1.807) is 0 Å². The number of carbonyl (C=O) groups is 1. The van der Waals surface area contributed by atoms with Gasteiger partial charge in [-0.25, -0.2) is 4.79 Å². The van der Waals surface area contributed by atoms with Crippen molar-refractivity contribution < 1.29 is 22.7 Å². The van der Waals surface area contributed by atoms with Crippen LogP contribution in [0.15, 0.2) is 36.4 Å². The number of esters is 1. The van der Waals surface area contributed by atoms with Crippen molar-refractivity contribution in [3.05, 3.63) is 42.0 Å². The number of para-hydroxylation sites is 1. The highest BCUT2D eigenvalue weighted by molar-refractivity contribution is 5.81. The smallest absolute Gasteiger partial charge is 0.418 e. The molecule has 0 spiro atoms. The van der Waals surface area contributed by atoms with Crippen LogP contribution in [0.2, 0.25) is 0 Å². The molecule has 0 heterocycles. The molecule has 0 fully saturated rings. The molecule has 0 saturated carbocycles. The predicted octanol–water partition coefficient (Wildman–Crippen LogP) is 2.85. The maximum absolute atomic E-state index is 12.6. The summed E-state index contributed by atoms with van der Waals surface area (Å²) in [5.41, 5.74) is -0.768. The van der Waals surface area contributed by atoms with E-state index in [0.29, 0.717) is 0 Å². The van der Waals surface area contributed by atoms with Gasteiger partial charge in [0.2, 0.25) is 0 Å². The molecule has 0 saturated heterocycles. The van der Waals surface area contributed by atoms with E-state index in [4.69, 9.17) is 0 Å². The zero-order valence-corrected chi connectivity index (χ0v) is 9.62. The first kappa shape index (κ1) is 14.1. The van der Waals surface area contributed by atoms with Crippen molar-refractivity contribution in [3.63, 3.8) is 0 Å². The Morgan fingerprint density at radius 2 is 2.06 bits per heavy atom. The third-order valence-corrected chi connectivity index (χ3v) is 2.10. The Morgan fingerprint density at radius 1 is 1.39 bits per heavy atom. The lowest BCUT2D eigenvalue weighted by Gasteiger charge is -2.13. The van der Waals surface area contributed by atoms with E-state index < -0.39 is 17.7 Å². The molecule has 1 N–H and O–H groups in total. The van der Waals surface area contributed by atoms with Crippen molar-refractivity contribution in [2.45, 2.75) is 6.18 Å². The van der Waals surface area contributed by atoms with Crippen LogP contribution in [0.3, 0.4) is 0 Å². The summed E-state index contributed by atoms with van der Waals surface area (Å²) in [6.45, 7) is 0.0994. The predicted molar refractivity (Wildman–Crippen MR) is 61.1 cm³/mol. The molecular formula is C12H12F3NO2. The molecule has 0 amide bonds. The van der Waals surface area contributed by atoms with Gasteiger partial charge in [0.05, 0.1) is 12.7 Å². The first-order chi connectivity index (χ1) is 8.45. The molecule has 18 heavy (non-hydrogen) atoms. The minimum atomic E-state index is -4.41. The van der Waals surface area contributed by atoms with Crippen LogP contribution < -0.4 is 5.32 Å². The largest absolute Gasteiger partial charge is 0.466 e. The second-order valence-electron chi connectivity index (χ2n) is 3.35. The van der Waals surface area contributed by atoms with Gasteiger partial charge in [0.25, 0.3) is 0 Å². The van der Waals surface area contributed by atoms with E-state index in [-0.39, 0.29) is 12.2 Å². The molecule has 6 heteroatoms. The van der Waals surface area contributed by atoms with Gasteiger partial charge in [-0.15, -0.1) is 0 Å². The Balaban J connectivity index is 2.68. The van der Waals surface area contributed by atoms with Gasteiger partial charge in [-0.05, 0) is 12.1 Å². The van der Waals surface area contributed by atoms with Gasteiger partial charge in [0.1, 0.15) is 0 Å². The zero-order chi connectivity index (χ0) is 13.6. The number of anilines is 1. The lowest BCUT2D eigenvalue weighted by atomic mass is 10.1. The van der Waals surface area contributed by atoms with Gasteiger partial charge < -0.3 is 10.1 Å². The summed E-state index contributed by atoms with van der Waals surface area (Å²) in [6.07, 6.45) is -1.88. The monoisotopic (exact) mass is 259 g/mol. The SMILES string of the molecule is COC(=O)/C=C/CNc1ccccc1C(F)(F)F. The van der Waals surface area contributed by atoms with Crippen LogP contribution in [0.5, 0.6) is 0 Å². The van der Waals surface area contributed by atoms with Gasteiger partial charge >= 0.3 is 12.1 Å². The van der Waals surface area contributed by atoms with Crippen LogP contribution in [-0.4, -0.2) is 19.6 Å². The molecule has 0 radical (unpaired) electrons. The van der Waals surface area contributed by atoms with Crippen molar-refractivity contribution in [2.24, 2.45) is 0 Å². The molecular weight excluding hydrogens is 247 g/mol. The standard InChI is InChI=1S/C12H12F3NO2/c1-18-11(17)7-4-8-16-10-6-3-2-5-9(10)12(13,14)15/h2-7,16H,8H2,1H3/b7-4+. The number of nitrogens with one attached hydrogen (secondary N) is 1. The second kappa shape index (κ2) is 6.09. The molecule has 0 atom stereocenters. The third-order valence-electron chi connectivity index (χ3n) is 2.10. The lowest BCUT2D eigenvalue weighted by Crippen LogP contribution is -2.10. The topological polar surface area (TPSA) is 38.3 Å². The number of hydrogen-bond acceptors (Lipinski definition) is 3. The Hall–Kier alpha value is -1.98. The molecule has 0 bridgehead atoms. The number of carbonyl (C=O) groups excluding carboxylic acids is 1. The first-order valence-corrected chi connectivity index (χ1v) is 5.09. The van der Waals surface area contributed by atoms with Crippen LogP contribution in [0.1, 0.15) is 5.56 Å². The van der Waals surface area contributed by atoms with Crippen molar-refractivity contribution >= 4 is 11.7 Å².